The van der Waals surface area contributed by atoms with Gasteiger partial charge in [-0.3, -0.25) is 0 Å². The Labute approximate surface area is 110 Å². The molecule has 4 heteroatoms. The van der Waals surface area contributed by atoms with Gasteiger partial charge < -0.3 is 10.1 Å². The van der Waals surface area contributed by atoms with Crippen molar-refractivity contribution in [2.24, 2.45) is 0 Å². The van der Waals surface area contributed by atoms with Gasteiger partial charge >= 0.3 is 0 Å². The quantitative estimate of drug-likeness (QED) is 0.882. The van der Waals surface area contributed by atoms with E-state index in [0.29, 0.717) is 5.02 Å². The van der Waals surface area contributed by atoms with Crippen LogP contribution in [0.15, 0.2) is 35.7 Å². The SMILES string of the molecule is COc1ccc(Cl)cc1NCCc1cccs1. The zero-order valence-electron chi connectivity index (χ0n) is 9.57. The first kappa shape index (κ1) is 12.3. The van der Waals surface area contributed by atoms with E-state index in [9.17, 15) is 0 Å². The van der Waals surface area contributed by atoms with Crippen LogP contribution < -0.4 is 10.1 Å². The normalized spacial score (nSPS) is 10.2. The number of halogens is 1. The molecule has 0 saturated carbocycles. The van der Waals surface area contributed by atoms with E-state index >= 15 is 0 Å². The molecule has 1 heterocycles. The second-order valence-electron chi connectivity index (χ2n) is 3.60. The van der Waals surface area contributed by atoms with Crippen molar-refractivity contribution in [2.45, 2.75) is 6.42 Å². The van der Waals surface area contributed by atoms with Gasteiger partial charge in [-0.2, -0.15) is 0 Å². The van der Waals surface area contributed by atoms with Gasteiger partial charge in [0.2, 0.25) is 0 Å². The largest absolute Gasteiger partial charge is 0.495 e. The number of thiophene rings is 1. The third kappa shape index (κ3) is 3.38. The van der Waals surface area contributed by atoms with Crippen LogP contribution in [-0.2, 0) is 6.42 Å². The minimum Gasteiger partial charge on any atom is -0.495 e. The van der Waals surface area contributed by atoms with Gasteiger partial charge in [0.15, 0.2) is 0 Å². The monoisotopic (exact) mass is 267 g/mol. The maximum atomic E-state index is 5.96. The molecule has 2 aromatic rings. The predicted octanol–water partition coefficient (Wildman–Crippen LogP) is 4.06. The Morgan fingerprint density at radius 3 is 2.94 bits per heavy atom. The third-order valence-electron chi connectivity index (χ3n) is 2.43. The van der Waals surface area contributed by atoms with Crippen molar-refractivity contribution in [1.82, 2.24) is 0 Å². The molecule has 1 aromatic heterocycles. The number of anilines is 1. The summed E-state index contributed by atoms with van der Waals surface area (Å²) in [6.07, 6.45) is 1.01. The van der Waals surface area contributed by atoms with E-state index in [-0.39, 0.29) is 0 Å². The summed E-state index contributed by atoms with van der Waals surface area (Å²) in [5.74, 6) is 0.820. The molecule has 0 aliphatic carbocycles. The highest BCUT2D eigenvalue weighted by Gasteiger charge is 2.03. The second-order valence-corrected chi connectivity index (χ2v) is 5.07. The lowest BCUT2D eigenvalue weighted by molar-refractivity contribution is 0.416. The Bertz CT molecular complexity index is 470. The van der Waals surface area contributed by atoms with Crippen LogP contribution >= 0.6 is 22.9 Å². The van der Waals surface area contributed by atoms with Gasteiger partial charge in [0.1, 0.15) is 5.75 Å². The van der Waals surface area contributed by atoms with Gasteiger partial charge in [-0.1, -0.05) is 17.7 Å². The van der Waals surface area contributed by atoms with Crippen LogP contribution in [0.4, 0.5) is 5.69 Å². The van der Waals surface area contributed by atoms with E-state index in [1.807, 2.05) is 18.2 Å². The number of ether oxygens (including phenoxy) is 1. The molecule has 0 unspecified atom stereocenters. The van der Waals surface area contributed by atoms with Crippen molar-refractivity contribution >= 4 is 28.6 Å². The molecule has 0 fully saturated rings. The lowest BCUT2D eigenvalue weighted by Gasteiger charge is -2.10. The summed E-state index contributed by atoms with van der Waals surface area (Å²) < 4.78 is 5.27. The van der Waals surface area contributed by atoms with Gasteiger partial charge in [-0.15, -0.1) is 11.3 Å². The number of methoxy groups -OCH3 is 1. The van der Waals surface area contributed by atoms with Crippen LogP contribution in [0.25, 0.3) is 0 Å². The number of benzene rings is 1. The highest BCUT2D eigenvalue weighted by atomic mass is 35.5. The summed E-state index contributed by atoms with van der Waals surface area (Å²) in [7, 11) is 1.66. The van der Waals surface area contributed by atoms with Gasteiger partial charge in [-0.05, 0) is 36.1 Å². The van der Waals surface area contributed by atoms with Crippen molar-refractivity contribution in [3.8, 4) is 5.75 Å². The smallest absolute Gasteiger partial charge is 0.142 e. The molecule has 17 heavy (non-hydrogen) atoms. The molecule has 0 spiro atoms. The lowest BCUT2D eigenvalue weighted by atomic mass is 10.2. The second kappa shape index (κ2) is 5.94. The average molecular weight is 268 g/mol. The first-order chi connectivity index (χ1) is 8.29. The Morgan fingerprint density at radius 1 is 1.35 bits per heavy atom. The van der Waals surface area contributed by atoms with Crippen molar-refractivity contribution in [3.05, 3.63) is 45.6 Å². The first-order valence-electron chi connectivity index (χ1n) is 5.39. The van der Waals surface area contributed by atoms with Crippen molar-refractivity contribution in [1.29, 1.82) is 0 Å². The molecule has 0 aliphatic heterocycles. The molecule has 0 atom stereocenters. The van der Waals surface area contributed by atoms with Crippen molar-refractivity contribution in [2.75, 3.05) is 19.0 Å². The number of rotatable bonds is 5. The molecule has 1 N–H and O–H groups in total. The fourth-order valence-electron chi connectivity index (χ4n) is 1.59. The zero-order valence-corrected chi connectivity index (χ0v) is 11.1. The average Bonchev–Trinajstić information content (AvgIpc) is 2.82. The first-order valence-corrected chi connectivity index (χ1v) is 6.65. The van der Waals surface area contributed by atoms with Gasteiger partial charge in [-0.25, -0.2) is 0 Å². The summed E-state index contributed by atoms with van der Waals surface area (Å²) in [6, 6.07) is 9.79. The molecule has 90 valence electrons. The molecule has 0 saturated heterocycles. The summed E-state index contributed by atoms with van der Waals surface area (Å²) in [6.45, 7) is 0.872. The van der Waals surface area contributed by atoms with Crippen LogP contribution in [0.2, 0.25) is 5.02 Å². The van der Waals surface area contributed by atoms with E-state index in [4.69, 9.17) is 16.3 Å². The Morgan fingerprint density at radius 2 is 2.24 bits per heavy atom. The van der Waals surface area contributed by atoms with Gasteiger partial charge in [0, 0.05) is 16.4 Å². The molecular weight excluding hydrogens is 254 g/mol. The molecule has 0 amide bonds. The van der Waals surface area contributed by atoms with Crippen LogP contribution in [-0.4, -0.2) is 13.7 Å². The van der Waals surface area contributed by atoms with E-state index in [0.717, 1.165) is 24.4 Å². The molecular formula is C13H14ClNOS. The summed E-state index contributed by atoms with van der Waals surface area (Å²) in [4.78, 5) is 1.37. The lowest BCUT2D eigenvalue weighted by Crippen LogP contribution is -2.05. The standard InChI is InChI=1S/C13H14ClNOS/c1-16-13-5-4-10(14)9-12(13)15-7-6-11-3-2-8-17-11/h2-5,8-9,15H,6-7H2,1H3. The van der Waals surface area contributed by atoms with E-state index in [1.54, 1.807) is 18.4 Å². The topological polar surface area (TPSA) is 21.3 Å². The zero-order chi connectivity index (χ0) is 12.1. The molecule has 2 rings (SSSR count). The van der Waals surface area contributed by atoms with Crippen molar-refractivity contribution < 1.29 is 4.74 Å². The van der Waals surface area contributed by atoms with Gasteiger partial charge in [0.25, 0.3) is 0 Å². The molecule has 0 aliphatic rings. The number of hydrogen-bond acceptors (Lipinski definition) is 3. The van der Waals surface area contributed by atoms with E-state index in [2.05, 4.69) is 22.8 Å². The van der Waals surface area contributed by atoms with Crippen LogP contribution in [0.1, 0.15) is 4.88 Å². The summed E-state index contributed by atoms with van der Waals surface area (Å²) in [5.41, 5.74) is 0.941. The molecule has 0 bridgehead atoms. The summed E-state index contributed by atoms with van der Waals surface area (Å²) >= 11 is 7.73. The van der Waals surface area contributed by atoms with Crippen LogP contribution in [0.5, 0.6) is 5.75 Å². The van der Waals surface area contributed by atoms with Crippen LogP contribution in [0, 0.1) is 0 Å². The molecule has 2 nitrogen and oxygen atoms in total. The molecule has 0 radical (unpaired) electrons. The maximum absolute atomic E-state index is 5.96. The highest BCUT2D eigenvalue weighted by molar-refractivity contribution is 7.09. The highest BCUT2D eigenvalue weighted by Crippen LogP contribution is 2.27. The fraction of sp³-hybridized carbons (Fsp3) is 0.231. The maximum Gasteiger partial charge on any atom is 0.142 e. The third-order valence-corrected chi connectivity index (χ3v) is 3.60. The Balaban J connectivity index is 1.96. The number of hydrogen-bond donors (Lipinski definition) is 1. The predicted molar refractivity (Wildman–Crippen MR) is 74.5 cm³/mol. The Hall–Kier alpha value is -1.19. The molecule has 1 aromatic carbocycles. The van der Waals surface area contributed by atoms with Crippen LogP contribution in [0.3, 0.4) is 0 Å². The Kier molecular flexibility index (Phi) is 4.29. The minimum atomic E-state index is 0.712. The van der Waals surface area contributed by atoms with Gasteiger partial charge in [0.05, 0.1) is 12.8 Å². The summed E-state index contributed by atoms with van der Waals surface area (Å²) in [5, 5.41) is 6.15. The van der Waals surface area contributed by atoms with E-state index in [1.165, 1.54) is 4.88 Å². The minimum absolute atomic E-state index is 0.712. The fourth-order valence-corrected chi connectivity index (χ4v) is 2.47. The van der Waals surface area contributed by atoms with Crippen molar-refractivity contribution in [3.63, 3.8) is 0 Å². The number of nitrogens with one attached hydrogen (secondary N) is 1. The van der Waals surface area contributed by atoms with E-state index < -0.39 is 0 Å².